The summed E-state index contributed by atoms with van der Waals surface area (Å²) in [6.45, 7) is 10.4. The van der Waals surface area contributed by atoms with Gasteiger partial charge in [0.25, 0.3) is 0 Å². The predicted molar refractivity (Wildman–Crippen MR) is 84.6 cm³/mol. The number of aromatic nitrogens is 2. The molecule has 20 heavy (non-hydrogen) atoms. The third-order valence-electron chi connectivity index (χ3n) is 4.85. The Balaban J connectivity index is 2.03. The van der Waals surface area contributed by atoms with Gasteiger partial charge in [0.2, 0.25) is 0 Å². The molecule has 0 bridgehead atoms. The van der Waals surface area contributed by atoms with E-state index in [0.29, 0.717) is 12.1 Å². The highest BCUT2D eigenvalue weighted by Crippen LogP contribution is 2.29. The lowest BCUT2D eigenvalue weighted by Crippen LogP contribution is -2.51. The first-order valence-electron chi connectivity index (χ1n) is 8.22. The van der Waals surface area contributed by atoms with Crippen LogP contribution in [-0.2, 0) is 6.54 Å². The number of nitrogens with one attached hydrogen (secondary N) is 1. The van der Waals surface area contributed by atoms with Gasteiger partial charge in [0.1, 0.15) is 0 Å². The number of hydrogen-bond acceptors (Lipinski definition) is 2. The average Bonchev–Trinajstić information content (AvgIpc) is 2.90. The fourth-order valence-electron chi connectivity index (χ4n) is 3.36. The van der Waals surface area contributed by atoms with Crippen molar-refractivity contribution < 1.29 is 0 Å². The number of nitrogens with zero attached hydrogens (tertiary/aromatic N) is 2. The van der Waals surface area contributed by atoms with E-state index in [1.807, 2.05) is 12.5 Å². The molecular formula is C17H31N3. The van der Waals surface area contributed by atoms with Gasteiger partial charge in [-0.05, 0) is 24.2 Å². The van der Waals surface area contributed by atoms with Gasteiger partial charge >= 0.3 is 0 Å². The first kappa shape index (κ1) is 15.6. The SMILES string of the molecule is CCC1CCCCC1NC(Cn1ccnc1)C(C)(C)C. The predicted octanol–water partition coefficient (Wildman–Crippen LogP) is 3.86. The maximum absolute atomic E-state index is 4.17. The minimum Gasteiger partial charge on any atom is -0.336 e. The molecule has 3 nitrogen and oxygen atoms in total. The molecule has 0 aromatic carbocycles. The largest absolute Gasteiger partial charge is 0.336 e. The molecule has 1 aliphatic carbocycles. The summed E-state index contributed by atoms with van der Waals surface area (Å²) < 4.78 is 2.20. The van der Waals surface area contributed by atoms with Crippen LogP contribution in [-0.4, -0.2) is 21.6 Å². The fraction of sp³-hybridized carbons (Fsp3) is 0.824. The average molecular weight is 277 g/mol. The van der Waals surface area contributed by atoms with Crippen LogP contribution in [0, 0.1) is 11.3 Å². The Bertz CT molecular complexity index is 377. The van der Waals surface area contributed by atoms with Gasteiger partial charge in [0.05, 0.1) is 6.33 Å². The molecule has 0 radical (unpaired) electrons. The lowest BCUT2D eigenvalue weighted by atomic mass is 9.80. The number of hydrogen-bond donors (Lipinski definition) is 1. The van der Waals surface area contributed by atoms with Gasteiger partial charge in [0.15, 0.2) is 0 Å². The van der Waals surface area contributed by atoms with E-state index in [2.05, 4.69) is 48.8 Å². The van der Waals surface area contributed by atoms with Crippen molar-refractivity contribution in [2.24, 2.45) is 11.3 Å². The Morgan fingerprint density at radius 1 is 1.30 bits per heavy atom. The van der Waals surface area contributed by atoms with Crippen LogP contribution < -0.4 is 5.32 Å². The van der Waals surface area contributed by atoms with Crippen LogP contribution in [0.3, 0.4) is 0 Å². The highest BCUT2D eigenvalue weighted by Gasteiger charge is 2.31. The molecule has 3 atom stereocenters. The second-order valence-electron chi connectivity index (χ2n) is 7.40. The molecule has 0 amide bonds. The van der Waals surface area contributed by atoms with E-state index in [1.165, 1.54) is 32.1 Å². The molecule has 1 aromatic heterocycles. The molecule has 3 heteroatoms. The van der Waals surface area contributed by atoms with Gasteiger partial charge < -0.3 is 9.88 Å². The quantitative estimate of drug-likeness (QED) is 0.886. The van der Waals surface area contributed by atoms with Gasteiger partial charge in [-0.3, -0.25) is 0 Å². The second kappa shape index (κ2) is 6.75. The summed E-state index contributed by atoms with van der Waals surface area (Å²) in [4.78, 5) is 4.17. The molecule has 0 saturated heterocycles. The van der Waals surface area contributed by atoms with Crippen LogP contribution in [0.2, 0.25) is 0 Å². The summed E-state index contributed by atoms with van der Waals surface area (Å²) in [5, 5.41) is 3.99. The molecule has 3 unspecified atom stereocenters. The Kier molecular flexibility index (Phi) is 5.25. The topological polar surface area (TPSA) is 29.9 Å². The van der Waals surface area contributed by atoms with E-state index in [-0.39, 0.29) is 5.41 Å². The van der Waals surface area contributed by atoms with E-state index < -0.39 is 0 Å². The van der Waals surface area contributed by atoms with Gasteiger partial charge in [-0.2, -0.15) is 0 Å². The van der Waals surface area contributed by atoms with E-state index in [1.54, 1.807) is 0 Å². The monoisotopic (exact) mass is 277 g/mol. The van der Waals surface area contributed by atoms with E-state index in [9.17, 15) is 0 Å². The van der Waals surface area contributed by atoms with E-state index >= 15 is 0 Å². The minimum absolute atomic E-state index is 0.264. The van der Waals surface area contributed by atoms with Crippen molar-refractivity contribution in [1.29, 1.82) is 0 Å². The zero-order chi connectivity index (χ0) is 14.6. The summed E-state index contributed by atoms with van der Waals surface area (Å²) in [5.74, 6) is 0.858. The molecule has 1 fully saturated rings. The van der Waals surface area contributed by atoms with Crippen molar-refractivity contribution in [3.05, 3.63) is 18.7 Å². The van der Waals surface area contributed by atoms with Crippen LogP contribution in [0.1, 0.15) is 59.8 Å². The Morgan fingerprint density at radius 2 is 2.05 bits per heavy atom. The molecule has 1 saturated carbocycles. The molecule has 0 aliphatic heterocycles. The minimum atomic E-state index is 0.264. The van der Waals surface area contributed by atoms with Crippen molar-refractivity contribution in [2.75, 3.05) is 0 Å². The third-order valence-corrected chi connectivity index (χ3v) is 4.85. The van der Waals surface area contributed by atoms with Gasteiger partial charge in [0, 0.05) is 31.0 Å². The third kappa shape index (κ3) is 4.08. The molecule has 1 aromatic rings. The Morgan fingerprint density at radius 3 is 2.65 bits per heavy atom. The van der Waals surface area contributed by atoms with Crippen LogP contribution in [0.5, 0.6) is 0 Å². The molecule has 1 aliphatic rings. The summed E-state index contributed by atoms with van der Waals surface area (Å²) in [6.07, 6.45) is 12.7. The van der Waals surface area contributed by atoms with Gasteiger partial charge in [-0.1, -0.05) is 47.0 Å². The summed E-state index contributed by atoms with van der Waals surface area (Å²) >= 11 is 0. The first-order chi connectivity index (χ1) is 9.50. The van der Waals surface area contributed by atoms with Crippen molar-refractivity contribution in [3.8, 4) is 0 Å². The Labute approximate surface area is 124 Å². The smallest absolute Gasteiger partial charge is 0.0946 e. The van der Waals surface area contributed by atoms with Gasteiger partial charge in [-0.25, -0.2) is 4.98 Å². The van der Waals surface area contributed by atoms with Crippen molar-refractivity contribution in [1.82, 2.24) is 14.9 Å². The number of rotatable bonds is 5. The zero-order valence-electron chi connectivity index (χ0n) is 13.6. The lowest BCUT2D eigenvalue weighted by Gasteiger charge is -2.40. The molecule has 114 valence electrons. The molecule has 1 heterocycles. The lowest BCUT2D eigenvalue weighted by molar-refractivity contribution is 0.167. The molecular weight excluding hydrogens is 246 g/mol. The zero-order valence-corrected chi connectivity index (χ0v) is 13.6. The fourth-order valence-corrected chi connectivity index (χ4v) is 3.36. The standard InChI is InChI=1S/C17H31N3/c1-5-14-8-6-7-9-15(14)19-16(17(2,3)4)12-20-11-10-18-13-20/h10-11,13-16,19H,5-9,12H2,1-4H3. The normalized spacial score (nSPS) is 25.6. The molecule has 0 spiro atoms. The highest BCUT2D eigenvalue weighted by atomic mass is 15.1. The maximum atomic E-state index is 4.17. The van der Waals surface area contributed by atoms with E-state index in [4.69, 9.17) is 0 Å². The van der Waals surface area contributed by atoms with Crippen LogP contribution in [0.4, 0.5) is 0 Å². The molecule has 2 rings (SSSR count). The van der Waals surface area contributed by atoms with Crippen molar-refractivity contribution >= 4 is 0 Å². The van der Waals surface area contributed by atoms with E-state index in [0.717, 1.165) is 12.5 Å². The first-order valence-corrected chi connectivity index (χ1v) is 8.22. The highest BCUT2D eigenvalue weighted by molar-refractivity contribution is 4.89. The van der Waals surface area contributed by atoms with Gasteiger partial charge in [-0.15, -0.1) is 0 Å². The van der Waals surface area contributed by atoms with Crippen LogP contribution in [0.25, 0.3) is 0 Å². The van der Waals surface area contributed by atoms with Crippen LogP contribution >= 0.6 is 0 Å². The summed E-state index contributed by atoms with van der Waals surface area (Å²) in [6, 6.07) is 1.19. The number of imidazole rings is 1. The summed E-state index contributed by atoms with van der Waals surface area (Å²) in [7, 11) is 0. The van der Waals surface area contributed by atoms with Crippen molar-refractivity contribution in [2.45, 2.75) is 78.4 Å². The molecule has 1 N–H and O–H groups in total. The van der Waals surface area contributed by atoms with Crippen LogP contribution in [0.15, 0.2) is 18.7 Å². The summed E-state index contributed by atoms with van der Waals surface area (Å²) in [5.41, 5.74) is 0.264. The second-order valence-corrected chi connectivity index (χ2v) is 7.40. The Hall–Kier alpha value is -0.830. The van der Waals surface area contributed by atoms with Crippen molar-refractivity contribution in [3.63, 3.8) is 0 Å². The maximum Gasteiger partial charge on any atom is 0.0946 e.